The summed E-state index contributed by atoms with van der Waals surface area (Å²) in [6, 6.07) is 0. The molecule has 1 unspecified atom stereocenters. The van der Waals surface area contributed by atoms with Gasteiger partial charge in [0.1, 0.15) is 0 Å². The Morgan fingerprint density at radius 3 is 2.75 bits per heavy atom. The van der Waals surface area contributed by atoms with Crippen LogP contribution in [0.3, 0.4) is 0 Å². The van der Waals surface area contributed by atoms with Crippen molar-refractivity contribution in [3.05, 3.63) is 0 Å². The van der Waals surface area contributed by atoms with Gasteiger partial charge in [-0.25, -0.2) is 4.79 Å². The van der Waals surface area contributed by atoms with Crippen molar-refractivity contribution in [3.63, 3.8) is 0 Å². The summed E-state index contributed by atoms with van der Waals surface area (Å²) >= 11 is 5.19. The maximum atomic E-state index is 11.0. The Balaban J connectivity index is 2.68. The number of Topliss-reactive ketones (excluding diaryl/α,β-unsaturated/α-hetero) is 1. The third-order valence-electron chi connectivity index (χ3n) is 1.86. The van der Waals surface area contributed by atoms with Crippen LogP contribution in [0.2, 0.25) is 0 Å². The predicted octanol–water partition coefficient (Wildman–Crippen LogP) is -0.860. The number of carboxylic acids is 1. The Labute approximate surface area is 95.4 Å². The van der Waals surface area contributed by atoms with Crippen LogP contribution in [0.25, 0.3) is 0 Å². The van der Waals surface area contributed by atoms with Crippen molar-refractivity contribution in [1.29, 1.82) is 0 Å². The van der Waals surface area contributed by atoms with Gasteiger partial charge in [-0.15, -0.1) is 11.6 Å². The number of ketones is 1. The lowest BCUT2D eigenvalue weighted by Gasteiger charge is -2.04. The van der Waals surface area contributed by atoms with E-state index in [4.69, 9.17) is 16.7 Å². The number of oxime groups is 1. The maximum Gasteiger partial charge on any atom is 0.361 e. The lowest BCUT2D eigenvalue weighted by molar-refractivity contribution is -0.132. The van der Waals surface area contributed by atoms with Gasteiger partial charge in [0, 0.05) is 13.0 Å². The van der Waals surface area contributed by atoms with Gasteiger partial charge in [-0.3, -0.25) is 9.59 Å². The molecule has 88 valence electrons. The number of nitrogens with one attached hydrogen (secondary N) is 1. The fourth-order valence-corrected chi connectivity index (χ4v) is 1.19. The monoisotopic (exact) mass is 248 g/mol. The summed E-state index contributed by atoms with van der Waals surface area (Å²) in [6.07, 6.45) is -0.470. The third kappa shape index (κ3) is 2.93. The first-order valence-electron chi connectivity index (χ1n) is 4.40. The minimum absolute atomic E-state index is 0.379. The number of nitrogens with zero attached hydrogens (tertiary/aromatic N) is 1. The second kappa shape index (κ2) is 5.45. The fraction of sp³-hybridized carbons (Fsp3) is 0.500. The van der Waals surface area contributed by atoms with E-state index in [-0.39, 0.29) is 5.91 Å². The highest BCUT2D eigenvalue weighted by molar-refractivity contribution is 6.67. The summed E-state index contributed by atoms with van der Waals surface area (Å²) in [6.45, 7) is 0.435. The van der Waals surface area contributed by atoms with E-state index in [9.17, 15) is 14.4 Å². The summed E-state index contributed by atoms with van der Waals surface area (Å²) in [5.41, 5.74) is -0.810. The fourth-order valence-electron chi connectivity index (χ4n) is 1.06. The Kier molecular flexibility index (Phi) is 4.24. The van der Waals surface area contributed by atoms with Crippen molar-refractivity contribution in [3.8, 4) is 0 Å². The first-order valence-corrected chi connectivity index (χ1v) is 4.93. The highest BCUT2D eigenvalue weighted by atomic mass is 35.5. The van der Waals surface area contributed by atoms with Crippen LogP contribution in [-0.2, 0) is 19.2 Å². The van der Waals surface area contributed by atoms with Crippen LogP contribution in [0.15, 0.2) is 5.16 Å². The molecule has 0 spiro atoms. The number of carbonyl (C=O) groups excluding carboxylic acids is 2. The largest absolute Gasteiger partial charge is 0.476 e. The molecular formula is C8H9ClN2O5. The van der Waals surface area contributed by atoms with Crippen LogP contribution in [0.5, 0.6) is 0 Å². The molecule has 1 aliphatic heterocycles. The lowest BCUT2D eigenvalue weighted by Crippen LogP contribution is -2.28. The first kappa shape index (κ1) is 12.4. The summed E-state index contributed by atoms with van der Waals surface area (Å²) in [4.78, 5) is 37.3. The van der Waals surface area contributed by atoms with Crippen LogP contribution < -0.4 is 5.32 Å². The van der Waals surface area contributed by atoms with Gasteiger partial charge in [-0.2, -0.15) is 0 Å². The van der Waals surface area contributed by atoms with Gasteiger partial charge in [0.2, 0.25) is 17.6 Å². The molecule has 1 fully saturated rings. The molecule has 16 heavy (non-hydrogen) atoms. The van der Waals surface area contributed by atoms with Gasteiger partial charge in [0.05, 0.1) is 5.88 Å². The van der Waals surface area contributed by atoms with Crippen molar-refractivity contribution >= 4 is 35.0 Å². The lowest BCUT2D eigenvalue weighted by atomic mass is 10.3. The molecule has 8 heteroatoms. The number of hydrogen-bond acceptors (Lipinski definition) is 5. The van der Waals surface area contributed by atoms with Crippen molar-refractivity contribution in [2.45, 2.75) is 12.5 Å². The summed E-state index contributed by atoms with van der Waals surface area (Å²) in [7, 11) is 0. The average Bonchev–Trinajstić information content (AvgIpc) is 2.64. The van der Waals surface area contributed by atoms with Crippen LogP contribution in [0, 0.1) is 0 Å². The number of carbonyl (C=O) groups is 3. The summed E-state index contributed by atoms with van der Waals surface area (Å²) in [5, 5.41) is 14.2. The van der Waals surface area contributed by atoms with Gasteiger partial charge < -0.3 is 15.3 Å². The van der Waals surface area contributed by atoms with E-state index in [0.717, 1.165) is 0 Å². The quantitative estimate of drug-likeness (QED) is 0.285. The first-order chi connectivity index (χ1) is 7.56. The highest BCUT2D eigenvalue weighted by Crippen LogP contribution is 2.05. The van der Waals surface area contributed by atoms with E-state index in [1.165, 1.54) is 0 Å². The zero-order valence-electron chi connectivity index (χ0n) is 8.10. The Morgan fingerprint density at radius 1 is 1.62 bits per heavy atom. The minimum atomic E-state index is -1.54. The molecule has 2 N–H and O–H groups in total. The smallest absolute Gasteiger partial charge is 0.361 e. The van der Waals surface area contributed by atoms with E-state index in [1.54, 1.807) is 0 Å². The molecule has 0 aromatic rings. The molecule has 1 atom stereocenters. The molecule has 1 rings (SSSR count). The second-order valence-corrected chi connectivity index (χ2v) is 3.24. The standard InChI is InChI=1S/C8H9ClN2O5/c9-3-4(12)6(8(14)15)11-16-5-1-2-10-7(5)13/h5H,1-3H2,(H,10,13)(H,14,15)/b11-6+. The molecule has 1 heterocycles. The van der Waals surface area contributed by atoms with Gasteiger partial charge in [0.25, 0.3) is 5.91 Å². The van der Waals surface area contributed by atoms with Gasteiger partial charge >= 0.3 is 5.97 Å². The number of rotatable bonds is 5. The molecule has 7 nitrogen and oxygen atoms in total. The van der Waals surface area contributed by atoms with Crippen LogP contribution in [0.4, 0.5) is 0 Å². The molecule has 1 saturated heterocycles. The highest BCUT2D eigenvalue weighted by Gasteiger charge is 2.27. The molecule has 1 aliphatic rings. The van der Waals surface area contributed by atoms with Gasteiger partial charge in [-0.1, -0.05) is 5.16 Å². The van der Waals surface area contributed by atoms with Crippen LogP contribution >= 0.6 is 11.6 Å². The third-order valence-corrected chi connectivity index (χ3v) is 2.10. The Morgan fingerprint density at radius 2 is 2.31 bits per heavy atom. The molecule has 1 amide bonds. The van der Waals surface area contributed by atoms with Crippen molar-refractivity contribution in [1.82, 2.24) is 5.32 Å². The number of hydrogen-bond donors (Lipinski definition) is 2. The topological polar surface area (TPSA) is 105 Å². The molecule has 0 saturated carbocycles. The number of aliphatic carboxylic acids is 1. The summed E-state index contributed by atoms with van der Waals surface area (Å²) in [5.74, 6) is -3.30. The SMILES string of the molecule is O=C(O)/C(=N/OC1CCNC1=O)C(=O)CCl. The van der Waals surface area contributed by atoms with Gasteiger partial charge in [-0.05, 0) is 0 Å². The van der Waals surface area contributed by atoms with Crippen LogP contribution in [0.1, 0.15) is 6.42 Å². The zero-order chi connectivity index (χ0) is 12.1. The Hall–Kier alpha value is -1.63. The van der Waals surface area contributed by atoms with Crippen LogP contribution in [-0.4, -0.2) is 47.0 Å². The average molecular weight is 249 g/mol. The van der Waals surface area contributed by atoms with E-state index in [2.05, 4.69) is 15.3 Å². The molecule has 0 radical (unpaired) electrons. The Bertz CT molecular complexity index is 354. The number of carboxylic acid groups (broad SMARTS) is 1. The van der Waals surface area contributed by atoms with E-state index >= 15 is 0 Å². The van der Waals surface area contributed by atoms with E-state index < -0.39 is 29.4 Å². The van der Waals surface area contributed by atoms with Crippen molar-refractivity contribution < 1.29 is 24.3 Å². The molecule has 0 aliphatic carbocycles. The maximum absolute atomic E-state index is 11.0. The molecule has 0 aromatic heterocycles. The number of alkyl halides is 1. The predicted molar refractivity (Wildman–Crippen MR) is 53.3 cm³/mol. The normalized spacial score (nSPS) is 20.4. The van der Waals surface area contributed by atoms with Crippen molar-refractivity contribution in [2.24, 2.45) is 5.16 Å². The molecule has 0 bridgehead atoms. The molecular weight excluding hydrogens is 240 g/mol. The number of halogens is 1. The number of amides is 1. The van der Waals surface area contributed by atoms with Crippen molar-refractivity contribution in [2.75, 3.05) is 12.4 Å². The second-order valence-electron chi connectivity index (χ2n) is 2.98. The molecule has 0 aromatic carbocycles. The van der Waals surface area contributed by atoms with Gasteiger partial charge in [0.15, 0.2) is 0 Å². The summed E-state index contributed by atoms with van der Waals surface area (Å²) < 4.78 is 0. The van der Waals surface area contributed by atoms with E-state index in [1.807, 2.05) is 0 Å². The zero-order valence-corrected chi connectivity index (χ0v) is 8.86. The van der Waals surface area contributed by atoms with E-state index in [0.29, 0.717) is 13.0 Å². The minimum Gasteiger partial charge on any atom is -0.476 e.